The van der Waals surface area contributed by atoms with Crippen LogP contribution in [-0.2, 0) is 17.6 Å². The van der Waals surface area contributed by atoms with Gasteiger partial charge in [0, 0.05) is 72.4 Å². The third kappa shape index (κ3) is 3.89. The highest BCUT2D eigenvalue weighted by Crippen LogP contribution is 2.43. The number of carbonyl (C=O) groups is 1. The van der Waals surface area contributed by atoms with Gasteiger partial charge in [0.05, 0.1) is 6.10 Å². The normalized spacial score (nSPS) is 19.3. The topological polar surface area (TPSA) is 90.5 Å². The Labute approximate surface area is 185 Å². The summed E-state index contributed by atoms with van der Waals surface area (Å²) < 4.78 is 6.24. The molecule has 2 aliphatic heterocycles. The first kappa shape index (κ1) is 20.3. The summed E-state index contributed by atoms with van der Waals surface area (Å²) in [5.74, 6) is 0.740. The maximum Gasteiger partial charge on any atom is 0.264 e. The molecule has 2 aromatic heterocycles. The van der Waals surface area contributed by atoms with E-state index in [1.54, 1.807) is 13.1 Å². The van der Waals surface area contributed by atoms with Gasteiger partial charge >= 0.3 is 0 Å². The molecule has 3 aromatic rings. The average molecular weight is 441 g/mol. The van der Waals surface area contributed by atoms with E-state index in [4.69, 9.17) is 16.3 Å². The Hall–Kier alpha value is -2.61. The number of hydrogen-bond donors (Lipinski definition) is 3. The van der Waals surface area contributed by atoms with Crippen molar-refractivity contribution in [1.82, 2.24) is 20.2 Å². The van der Waals surface area contributed by atoms with E-state index in [1.807, 2.05) is 29.2 Å². The highest BCUT2D eigenvalue weighted by molar-refractivity contribution is 6.31. The van der Waals surface area contributed by atoms with E-state index in [1.165, 1.54) is 0 Å². The number of pyridine rings is 1. The van der Waals surface area contributed by atoms with Crippen LogP contribution in [0.3, 0.4) is 0 Å². The third-order valence-electron chi connectivity index (χ3n) is 5.89. The molecule has 8 heteroatoms. The summed E-state index contributed by atoms with van der Waals surface area (Å²) in [6.45, 7) is 4.76. The minimum atomic E-state index is -0.528. The second-order valence-corrected chi connectivity index (χ2v) is 8.73. The molecule has 1 saturated heterocycles. The molecule has 1 amide bonds. The number of carbonyl (C=O) groups excluding carboxylic acids is 1. The van der Waals surface area contributed by atoms with E-state index in [9.17, 15) is 9.90 Å². The largest absolute Gasteiger partial charge is 0.479 e. The Morgan fingerprint density at radius 3 is 2.90 bits per heavy atom. The van der Waals surface area contributed by atoms with Crippen molar-refractivity contribution in [2.24, 2.45) is 0 Å². The molecule has 0 radical (unpaired) electrons. The van der Waals surface area contributed by atoms with Gasteiger partial charge in [0.15, 0.2) is 6.10 Å². The second-order valence-electron chi connectivity index (χ2n) is 8.30. The van der Waals surface area contributed by atoms with Gasteiger partial charge in [-0.1, -0.05) is 11.6 Å². The number of hydrogen-bond acceptors (Lipinski definition) is 5. The maximum absolute atomic E-state index is 13.0. The first-order chi connectivity index (χ1) is 15.0. The number of aromatic amines is 1. The van der Waals surface area contributed by atoms with E-state index in [2.05, 4.69) is 15.3 Å². The van der Waals surface area contributed by atoms with Crippen LogP contribution in [0, 0.1) is 0 Å². The zero-order chi connectivity index (χ0) is 21.5. The van der Waals surface area contributed by atoms with Crippen LogP contribution >= 0.6 is 11.6 Å². The van der Waals surface area contributed by atoms with Crippen molar-refractivity contribution >= 4 is 28.5 Å². The number of halogens is 1. The summed E-state index contributed by atoms with van der Waals surface area (Å²) >= 11 is 6.46. The first-order valence-electron chi connectivity index (χ1n) is 10.6. The van der Waals surface area contributed by atoms with Crippen molar-refractivity contribution < 1.29 is 14.6 Å². The van der Waals surface area contributed by atoms with Crippen molar-refractivity contribution in [1.29, 1.82) is 0 Å². The number of H-pyrrole nitrogens is 1. The third-order valence-corrected chi connectivity index (χ3v) is 6.11. The van der Waals surface area contributed by atoms with Crippen LogP contribution < -0.4 is 10.1 Å². The molecule has 2 aliphatic rings. The number of amides is 1. The first-order valence-corrected chi connectivity index (χ1v) is 11.0. The van der Waals surface area contributed by atoms with E-state index in [0.717, 1.165) is 46.5 Å². The zero-order valence-corrected chi connectivity index (χ0v) is 18.1. The molecule has 7 nitrogen and oxygen atoms in total. The lowest BCUT2D eigenvalue weighted by molar-refractivity contribution is -0.138. The fourth-order valence-electron chi connectivity index (χ4n) is 4.50. The lowest BCUT2D eigenvalue weighted by Gasteiger charge is -2.29. The van der Waals surface area contributed by atoms with Crippen LogP contribution in [0.4, 0.5) is 0 Å². The Morgan fingerprint density at radius 1 is 1.32 bits per heavy atom. The van der Waals surface area contributed by atoms with Crippen molar-refractivity contribution in [3.05, 3.63) is 46.7 Å². The number of benzene rings is 1. The van der Waals surface area contributed by atoms with E-state index in [0.29, 0.717) is 36.7 Å². The summed E-state index contributed by atoms with van der Waals surface area (Å²) in [5, 5.41) is 14.6. The minimum absolute atomic E-state index is 0.0283. The van der Waals surface area contributed by atoms with Crippen molar-refractivity contribution in [3.63, 3.8) is 0 Å². The molecule has 0 saturated carbocycles. The van der Waals surface area contributed by atoms with Crippen molar-refractivity contribution in [2.45, 2.75) is 32.0 Å². The van der Waals surface area contributed by atoms with Crippen LogP contribution in [0.1, 0.15) is 18.2 Å². The number of rotatable bonds is 4. The van der Waals surface area contributed by atoms with E-state index in [-0.39, 0.29) is 5.91 Å². The van der Waals surface area contributed by atoms with E-state index >= 15 is 0 Å². The highest BCUT2D eigenvalue weighted by atomic mass is 35.5. The zero-order valence-electron chi connectivity index (χ0n) is 17.3. The number of aliphatic hydroxyl groups is 1. The molecule has 1 fully saturated rings. The molecule has 162 valence electrons. The van der Waals surface area contributed by atoms with Gasteiger partial charge in [-0.15, -0.1) is 0 Å². The summed E-state index contributed by atoms with van der Waals surface area (Å²) in [5.41, 5.74) is 4.39. The molecule has 0 spiro atoms. The standard InChI is InChI=1S/C23H25ClN4O3/c1-13(29)8-16-12-19-17(2-3-26-22(19)27-16)18-11-15(24)9-14-10-20(31-21(14)18)23(30)28-6-4-25-5-7-28/h2-3,9,11-13,20,25,29H,4-8,10H2,1H3,(H,26,27)/t13-,20-/m1/s1. The summed E-state index contributed by atoms with van der Waals surface area (Å²) in [6.07, 6.45) is 1.79. The van der Waals surface area contributed by atoms with Gasteiger partial charge < -0.3 is 25.0 Å². The monoisotopic (exact) mass is 440 g/mol. The molecule has 1 aromatic carbocycles. The smallest absolute Gasteiger partial charge is 0.264 e. The van der Waals surface area contributed by atoms with Gasteiger partial charge in [-0.25, -0.2) is 4.98 Å². The molecule has 0 aliphatic carbocycles. The van der Waals surface area contributed by atoms with Crippen molar-refractivity contribution in [3.8, 4) is 16.9 Å². The molecule has 0 bridgehead atoms. The number of piperazine rings is 1. The summed E-state index contributed by atoms with van der Waals surface area (Å²) in [7, 11) is 0. The summed E-state index contributed by atoms with van der Waals surface area (Å²) in [4.78, 5) is 22.6. The lowest BCUT2D eigenvalue weighted by Crippen LogP contribution is -2.50. The highest BCUT2D eigenvalue weighted by Gasteiger charge is 2.35. The van der Waals surface area contributed by atoms with Gasteiger partial charge in [-0.3, -0.25) is 4.79 Å². The second kappa shape index (κ2) is 8.15. The van der Waals surface area contributed by atoms with Crippen LogP contribution in [-0.4, -0.2) is 64.3 Å². The van der Waals surface area contributed by atoms with Crippen LogP contribution in [0.15, 0.2) is 30.5 Å². The molecule has 31 heavy (non-hydrogen) atoms. The molecule has 0 unspecified atom stereocenters. The molecule has 4 heterocycles. The lowest BCUT2D eigenvalue weighted by atomic mass is 9.99. The van der Waals surface area contributed by atoms with Crippen LogP contribution in [0.5, 0.6) is 5.75 Å². The quantitative estimate of drug-likeness (QED) is 0.580. The van der Waals surface area contributed by atoms with Gasteiger partial charge in [0.2, 0.25) is 0 Å². The summed E-state index contributed by atoms with van der Waals surface area (Å²) in [6, 6.07) is 7.72. The fraction of sp³-hybridized carbons (Fsp3) is 0.391. The molecular formula is C23H25ClN4O3. The molecule has 3 N–H and O–H groups in total. The minimum Gasteiger partial charge on any atom is -0.479 e. The molecule has 2 atom stereocenters. The predicted molar refractivity (Wildman–Crippen MR) is 119 cm³/mol. The number of nitrogens with zero attached hydrogens (tertiary/aromatic N) is 2. The number of aromatic nitrogens is 2. The number of fused-ring (bicyclic) bond motifs is 2. The number of ether oxygens (including phenoxy) is 1. The number of aliphatic hydroxyl groups excluding tert-OH is 1. The Balaban J connectivity index is 1.52. The van der Waals surface area contributed by atoms with Gasteiger partial charge in [-0.2, -0.15) is 0 Å². The Bertz CT molecular complexity index is 1140. The SMILES string of the molecule is C[C@@H](O)Cc1cc2c(-c3cc(Cl)cc4c3O[C@@H](C(=O)N3CCNCC3)C4)ccnc2[nH]1. The fourth-order valence-corrected chi connectivity index (χ4v) is 4.74. The number of nitrogens with one attached hydrogen (secondary N) is 2. The Morgan fingerprint density at radius 2 is 2.13 bits per heavy atom. The predicted octanol–water partition coefficient (Wildman–Crippen LogP) is 2.54. The average Bonchev–Trinajstić information content (AvgIpc) is 3.36. The maximum atomic E-state index is 13.0. The van der Waals surface area contributed by atoms with Gasteiger partial charge in [0.1, 0.15) is 11.4 Å². The van der Waals surface area contributed by atoms with Gasteiger partial charge in [0.25, 0.3) is 5.91 Å². The Kier molecular flexibility index (Phi) is 5.33. The van der Waals surface area contributed by atoms with E-state index < -0.39 is 12.2 Å². The van der Waals surface area contributed by atoms with Crippen LogP contribution in [0.25, 0.3) is 22.2 Å². The van der Waals surface area contributed by atoms with Crippen LogP contribution in [0.2, 0.25) is 5.02 Å². The van der Waals surface area contributed by atoms with Crippen molar-refractivity contribution in [2.75, 3.05) is 26.2 Å². The van der Waals surface area contributed by atoms with Gasteiger partial charge in [-0.05, 0) is 36.8 Å². The molecule has 5 rings (SSSR count). The molecular weight excluding hydrogens is 416 g/mol.